The number of aromatic nitrogens is 2. The number of nitrogens with one attached hydrogen (secondary N) is 2. The SMILES string of the molecule is Cl.Fc1ccc(-c2nc3cc(C4CNCCO4)ccc3[nH]2)cc1. The number of fused-ring (bicyclic) bond motifs is 1. The molecule has 0 saturated carbocycles. The van der Waals surface area contributed by atoms with E-state index < -0.39 is 0 Å². The molecule has 1 unspecified atom stereocenters. The predicted molar refractivity (Wildman–Crippen MR) is 90.3 cm³/mol. The van der Waals surface area contributed by atoms with Crippen molar-refractivity contribution in [1.82, 2.24) is 15.3 Å². The van der Waals surface area contributed by atoms with Crippen molar-refractivity contribution in [3.8, 4) is 11.4 Å². The molecule has 4 rings (SSSR count). The van der Waals surface area contributed by atoms with Gasteiger partial charge in [0, 0.05) is 18.7 Å². The van der Waals surface area contributed by atoms with Crippen molar-refractivity contribution in [1.29, 1.82) is 0 Å². The largest absolute Gasteiger partial charge is 0.371 e. The van der Waals surface area contributed by atoms with Crippen molar-refractivity contribution in [3.05, 3.63) is 53.8 Å². The summed E-state index contributed by atoms with van der Waals surface area (Å²) in [5.41, 5.74) is 3.85. The van der Waals surface area contributed by atoms with Gasteiger partial charge in [-0.05, 0) is 42.0 Å². The van der Waals surface area contributed by atoms with Crippen LogP contribution in [0.15, 0.2) is 42.5 Å². The Morgan fingerprint density at radius 2 is 1.96 bits per heavy atom. The Balaban J connectivity index is 0.00000156. The summed E-state index contributed by atoms with van der Waals surface area (Å²) in [7, 11) is 0. The van der Waals surface area contributed by atoms with Crippen LogP contribution < -0.4 is 5.32 Å². The molecule has 4 nitrogen and oxygen atoms in total. The summed E-state index contributed by atoms with van der Waals surface area (Å²) >= 11 is 0. The second kappa shape index (κ2) is 6.66. The maximum absolute atomic E-state index is 13.0. The van der Waals surface area contributed by atoms with Crippen LogP contribution in [0.2, 0.25) is 0 Å². The minimum atomic E-state index is -0.246. The Morgan fingerprint density at radius 1 is 1.13 bits per heavy atom. The van der Waals surface area contributed by atoms with Gasteiger partial charge in [-0.2, -0.15) is 0 Å². The van der Waals surface area contributed by atoms with Crippen LogP contribution in [-0.2, 0) is 4.74 Å². The van der Waals surface area contributed by atoms with Crippen LogP contribution in [0.4, 0.5) is 4.39 Å². The smallest absolute Gasteiger partial charge is 0.138 e. The fraction of sp³-hybridized carbons (Fsp3) is 0.235. The lowest BCUT2D eigenvalue weighted by Gasteiger charge is -2.23. The summed E-state index contributed by atoms with van der Waals surface area (Å²) in [5, 5.41) is 3.33. The monoisotopic (exact) mass is 333 g/mol. The first-order valence-electron chi connectivity index (χ1n) is 7.37. The van der Waals surface area contributed by atoms with E-state index in [1.165, 1.54) is 12.1 Å². The van der Waals surface area contributed by atoms with Gasteiger partial charge in [0.05, 0.1) is 23.7 Å². The minimum Gasteiger partial charge on any atom is -0.371 e. The molecule has 0 bridgehead atoms. The molecule has 1 aliphatic heterocycles. The number of H-pyrrole nitrogens is 1. The number of aromatic amines is 1. The van der Waals surface area contributed by atoms with Crippen LogP contribution in [0.1, 0.15) is 11.7 Å². The van der Waals surface area contributed by atoms with Crippen LogP contribution in [0.25, 0.3) is 22.4 Å². The molecule has 0 amide bonds. The highest BCUT2D eigenvalue weighted by Gasteiger charge is 2.16. The van der Waals surface area contributed by atoms with Crippen LogP contribution in [0.3, 0.4) is 0 Å². The lowest BCUT2D eigenvalue weighted by molar-refractivity contribution is 0.0278. The fourth-order valence-electron chi connectivity index (χ4n) is 2.75. The van der Waals surface area contributed by atoms with Gasteiger partial charge in [-0.3, -0.25) is 0 Å². The van der Waals surface area contributed by atoms with Crippen molar-refractivity contribution in [2.45, 2.75) is 6.10 Å². The van der Waals surface area contributed by atoms with E-state index in [0.29, 0.717) is 0 Å². The second-order valence-electron chi connectivity index (χ2n) is 5.43. The fourth-order valence-corrected chi connectivity index (χ4v) is 2.75. The zero-order valence-electron chi connectivity index (χ0n) is 12.4. The van der Waals surface area contributed by atoms with E-state index in [0.717, 1.165) is 47.7 Å². The summed E-state index contributed by atoms with van der Waals surface area (Å²) in [6.45, 7) is 2.45. The molecule has 1 aromatic heterocycles. The summed E-state index contributed by atoms with van der Waals surface area (Å²) in [5.74, 6) is 0.499. The quantitative estimate of drug-likeness (QED) is 0.755. The van der Waals surface area contributed by atoms with Crippen LogP contribution in [0.5, 0.6) is 0 Å². The molecule has 23 heavy (non-hydrogen) atoms. The van der Waals surface area contributed by atoms with Crippen molar-refractivity contribution in [2.75, 3.05) is 19.7 Å². The normalized spacial score (nSPS) is 17.9. The molecule has 2 N–H and O–H groups in total. The first kappa shape index (κ1) is 15.9. The molecule has 2 aromatic carbocycles. The third-order valence-electron chi connectivity index (χ3n) is 3.92. The Labute approximate surface area is 139 Å². The standard InChI is InChI=1S/C17H16FN3O.ClH/c18-13-4-1-11(2-5-13)17-20-14-6-3-12(9-15(14)21-17)16-10-19-7-8-22-16;/h1-6,9,16,19H,7-8,10H2,(H,20,21);1H. The molecule has 1 atom stereocenters. The van der Waals surface area contributed by atoms with Crippen molar-refractivity contribution in [3.63, 3.8) is 0 Å². The van der Waals surface area contributed by atoms with E-state index in [1.54, 1.807) is 12.1 Å². The second-order valence-corrected chi connectivity index (χ2v) is 5.43. The number of imidazole rings is 1. The van der Waals surface area contributed by atoms with Gasteiger partial charge in [-0.15, -0.1) is 12.4 Å². The topological polar surface area (TPSA) is 49.9 Å². The summed E-state index contributed by atoms with van der Waals surface area (Å²) in [6, 6.07) is 12.5. The lowest BCUT2D eigenvalue weighted by Crippen LogP contribution is -2.33. The minimum absolute atomic E-state index is 0. The summed E-state index contributed by atoms with van der Waals surface area (Å²) in [4.78, 5) is 7.89. The van der Waals surface area contributed by atoms with Gasteiger partial charge in [0.25, 0.3) is 0 Å². The number of hydrogen-bond acceptors (Lipinski definition) is 3. The molecular formula is C17H17ClFN3O. The predicted octanol–water partition coefficient (Wildman–Crippen LogP) is 3.45. The molecule has 6 heteroatoms. The molecule has 120 valence electrons. The van der Waals surface area contributed by atoms with E-state index in [2.05, 4.69) is 27.4 Å². The molecule has 1 aliphatic rings. The molecule has 1 fully saturated rings. The van der Waals surface area contributed by atoms with Crippen LogP contribution in [-0.4, -0.2) is 29.7 Å². The van der Waals surface area contributed by atoms with Gasteiger partial charge in [-0.1, -0.05) is 6.07 Å². The van der Waals surface area contributed by atoms with Crippen molar-refractivity contribution >= 4 is 23.4 Å². The number of nitrogens with zero attached hydrogens (tertiary/aromatic N) is 1. The first-order chi connectivity index (χ1) is 10.8. The van der Waals surface area contributed by atoms with Gasteiger partial charge in [0.2, 0.25) is 0 Å². The number of rotatable bonds is 2. The van der Waals surface area contributed by atoms with E-state index in [9.17, 15) is 4.39 Å². The van der Waals surface area contributed by atoms with Crippen molar-refractivity contribution in [2.24, 2.45) is 0 Å². The van der Waals surface area contributed by atoms with Gasteiger partial charge >= 0.3 is 0 Å². The van der Waals surface area contributed by atoms with E-state index in [-0.39, 0.29) is 24.3 Å². The number of halogens is 2. The van der Waals surface area contributed by atoms with Gasteiger partial charge < -0.3 is 15.0 Å². The number of morpholine rings is 1. The van der Waals surface area contributed by atoms with Gasteiger partial charge in [0.1, 0.15) is 11.6 Å². The molecule has 0 aliphatic carbocycles. The third kappa shape index (κ3) is 3.22. The highest BCUT2D eigenvalue weighted by atomic mass is 35.5. The average Bonchev–Trinajstić information content (AvgIpc) is 2.99. The molecule has 0 radical (unpaired) electrons. The summed E-state index contributed by atoms with van der Waals surface area (Å²) in [6.07, 6.45) is 0.0733. The maximum atomic E-state index is 13.0. The summed E-state index contributed by atoms with van der Waals surface area (Å²) < 4.78 is 18.8. The number of benzene rings is 2. The highest BCUT2D eigenvalue weighted by molar-refractivity contribution is 5.85. The Morgan fingerprint density at radius 3 is 2.70 bits per heavy atom. The molecule has 2 heterocycles. The Hall–Kier alpha value is -1.95. The van der Waals surface area contributed by atoms with Crippen molar-refractivity contribution < 1.29 is 9.13 Å². The average molecular weight is 334 g/mol. The molecular weight excluding hydrogens is 317 g/mol. The van der Waals surface area contributed by atoms with E-state index >= 15 is 0 Å². The van der Waals surface area contributed by atoms with E-state index in [1.807, 2.05) is 6.07 Å². The Bertz CT molecular complexity index is 797. The van der Waals surface area contributed by atoms with Gasteiger partial charge in [-0.25, -0.2) is 9.37 Å². The van der Waals surface area contributed by atoms with E-state index in [4.69, 9.17) is 4.74 Å². The van der Waals surface area contributed by atoms with Gasteiger partial charge in [0.15, 0.2) is 0 Å². The first-order valence-corrected chi connectivity index (χ1v) is 7.37. The van der Waals surface area contributed by atoms with Crippen LogP contribution >= 0.6 is 12.4 Å². The molecule has 3 aromatic rings. The maximum Gasteiger partial charge on any atom is 0.138 e. The molecule has 0 spiro atoms. The van der Waals surface area contributed by atoms with Crippen LogP contribution in [0, 0.1) is 5.82 Å². The number of ether oxygens (including phenoxy) is 1. The number of hydrogen-bond donors (Lipinski definition) is 2. The lowest BCUT2D eigenvalue weighted by atomic mass is 10.1. The Kier molecular flexibility index (Phi) is 4.61. The zero-order chi connectivity index (χ0) is 14.9. The third-order valence-corrected chi connectivity index (χ3v) is 3.92. The molecule has 1 saturated heterocycles. The highest BCUT2D eigenvalue weighted by Crippen LogP contribution is 2.25. The zero-order valence-corrected chi connectivity index (χ0v) is 13.2.